The molecular formula is C15H20O. The maximum absolute atomic E-state index is 10.3. The minimum atomic E-state index is -0.295. The summed E-state index contributed by atoms with van der Waals surface area (Å²) in [6.07, 6.45) is 8.37. The Morgan fingerprint density at radius 1 is 1.38 bits per heavy atom. The average molecular weight is 216 g/mol. The second-order valence-electron chi connectivity index (χ2n) is 4.59. The molecule has 16 heavy (non-hydrogen) atoms. The van der Waals surface area contributed by atoms with Crippen molar-refractivity contribution in [1.29, 1.82) is 0 Å². The monoisotopic (exact) mass is 216 g/mol. The topological polar surface area (TPSA) is 20.2 Å². The van der Waals surface area contributed by atoms with E-state index in [4.69, 9.17) is 0 Å². The maximum Gasteiger partial charge on any atom is 0.0821 e. The molecular weight excluding hydrogens is 196 g/mol. The van der Waals surface area contributed by atoms with Gasteiger partial charge >= 0.3 is 0 Å². The van der Waals surface area contributed by atoms with Crippen LogP contribution in [-0.4, -0.2) is 5.11 Å². The molecule has 1 heteroatoms. The average Bonchev–Trinajstić information content (AvgIpc) is 2.39. The molecule has 1 nitrogen and oxygen atoms in total. The zero-order valence-corrected chi connectivity index (χ0v) is 9.89. The highest BCUT2D eigenvalue weighted by Crippen LogP contribution is 2.31. The van der Waals surface area contributed by atoms with Crippen LogP contribution in [0.4, 0.5) is 0 Å². The molecule has 0 saturated heterocycles. The van der Waals surface area contributed by atoms with Crippen LogP contribution in [0.5, 0.6) is 0 Å². The molecule has 0 aromatic heterocycles. The summed E-state index contributed by atoms with van der Waals surface area (Å²) in [4.78, 5) is 0. The third kappa shape index (κ3) is 2.53. The van der Waals surface area contributed by atoms with Gasteiger partial charge in [-0.2, -0.15) is 0 Å². The van der Waals surface area contributed by atoms with E-state index in [9.17, 15) is 5.11 Å². The Balaban J connectivity index is 2.12. The van der Waals surface area contributed by atoms with Gasteiger partial charge in [-0.05, 0) is 42.7 Å². The largest absolute Gasteiger partial charge is 0.388 e. The minimum absolute atomic E-state index is 0.295. The molecule has 0 bridgehead atoms. The molecule has 0 spiro atoms. The van der Waals surface area contributed by atoms with Crippen LogP contribution in [0.25, 0.3) is 0 Å². The summed E-state index contributed by atoms with van der Waals surface area (Å²) in [5, 5.41) is 10.3. The molecule has 1 aliphatic rings. The van der Waals surface area contributed by atoms with Crippen LogP contribution in [0, 0.1) is 5.92 Å². The van der Waals surface area contributed by atoms with Crippen molar-refractivity contribution in [3.63, 3.8) is 0 Å². The Labute approximate surface area is 97.8 Å². The van der Waals surface area contributed by atoms with Crippen molar-refractivity contribution in [1.82, 2.24) is 0 Å². The van der Waals surface area contributed by atoms with Crippen molar-refractivity contribution >= 4 is 0 Å². The Morgan fingerprint density at radius 2 is 2.25 bits per heavy atom. The van der Waals surface area contributed by atoms with Gasteiger partial charge in [0.15, 0.2) is 0 Å². The first-order valence-electron chi connectivity index (χ1n) is 6.23. The van der Waals surface area contributed by atoms with Crippen molar-refractivity contribution in [3.05, 3.63) is 47.5 Å². The Hall–Kier alpha value is -1.08. The zero-order chi connectivity index (χ0) is 11.4. The molecule has 0 heterocycles. The number of benzene rings is 1. The second kappa shape index (κ2) is 5.31. The number of aliphatic hydroxyl groups is 1. The third-order valence-corrected chi connectivity index (χ3v) is 3.46. The van der Waals surface area contributed by atoms with Crippen molar-refractivity contribution in [2.45, 2.75) is 38.7 Å². The van der Waals surface area contributed by atoms with Gasteiger partial charge in [-0.15, -0.1) is 0 Å². The fourth-order valence-electron chi connectivity index (χ4n) is 2.37. The summed E-state index contributed by atoms with van der Waals surface area (Å²) in [5.41, 5.74) is 2.39. The first-order valence-corrected chi connectivity index (χ1v) is 6.23. The maximum atomic E-state index is 10.3. The SMILES string of the molecule is CCc1cccc(C(O)C2CC=CCC2)c1. The fraction of sp³-hybridized carbons (Fsp3) is 0.467. The number of aryl methyl sites for hydroxylation is 1. The lowest BCUT2D eigenvalue weighted by molar-refractivity contribution is 0.102. The number of hydrogen-bond donors (Lipinski definition) is 1. The van der Waals surface area contributed by atoms with Crippen LogP contribution in [0.2, 0.25) is 0 Å². The van der Waals surface area contributed by atoms with Crippen LogP contribution in [0.1, 0.15) is 43.4 Å². The lowest BCUT2D eigenvalue weighted by atomic mass is 9.85. The van der Waals surface area contributed by atoms with E-state index in [0.29, 0.717) is 5.92 Å². The smallest absolute Gasteiger partial charge is 0.0821 e. The van der Waals surface area contributed by atoms with Crippen LogP contribution in [0.15, 0.2) is 36.4 Å². The zero-order valence-electron chi connectivity index (χ0n) is 9.89. The predicted octanol–water partition coefficient (Wildman–Crippen LogP) is 3.64. The summed E-state index contributed by atoms with van der Waals surface area (Å²) in [5.74, 6) is 0.400. The highest BCUT2D eigenvalue weighted by Gasteiger charge is 2.20. The lowest BCUT2D eigenvalue weighted by Crippen LogP contribution is -2.14. The van der Waals surface area contributed by atoms with Crippen LogP contribution >= 0.6 is 0 Å². The molecule has 1 N–H and O–H groups in total. The first kappa shape index (κ1) is 11.4. The second-order valence-corrected chi connectivity index (χ2v) is 4.59. The Morgan fingerprint density at radius 3 is 2.94 bits per heavy atom. The van der Waals surface area contributed by atoms with E-state index in [1.165, 1.54) is 5.56 Å². The number of hydrogen-bond acceptors (Lipinski definition) is 1. The van der Waals surface area contributed by atoms with Gasteiger partial charge in [0.25, 0.3) is 0 Å². The van der Waals surface area contributed by atoms with E-state index in [2.05, 4.69) is 37.3 Å². The molecule has 0 radical (unpaired) electrons. The van der Waals surface area contributed by atoms with E-state index < -0.39 is 0 Å². The molecule has 2 atom stereocenters. The molecule has 1 aromatic carbocycles. The Kier molecular flexibility index (Phi) is 3.79. The van der Waals surface area contributed by atoms with Gasteiger partial charge in [0.05, 0.1) is 6.10 Å². The molecule has 86 valence electrons. The normalized spacial score (nSPS) is 22.0. The van der Waals surface area contributed by atoms with E-state index in [0.717, 1.165) is 31.2 Å². The molecule has 0 amide bonds. The predicted molar refractivity (Wildman–Crippen MR) is 67.3 cm³/mol. The van der Waals surface area contributed by atoms with Crippen molar-refractivity contribution in [2.24, 2.45) is 5.92 Å². The van der Waals surface area contributed by atoms with Gasteiger partial charge in [0.2, 0.25) is 0 Å². The van der Waals surface area contributed by atoms with Gasteiger partial charge in [0.1, 0.15) is 0 Å². The van der Waals surface area contributed by atoms with Crippen molar-refractivity contribution < 1.29 is 5.11 Å². The fourth-order valence-corrected chi connectivity index (χ4v) is 2.37. The van der Waals surface area contributed by atoms with Crippen molar-refractivity contribution in [3.8, 4) is 0 Å². The van der Waals surface area contributed by atoms with Gasteiger partial charge in [-0.1, -0.05) is 43.3 Å². The van der Waals surface area contributed by atoms with Crippen LogP contribution in [0.3, 0.4) is 0 Å². The van der Waals surface area contributed by atoms with E-state index >= 15 is 0 Å². The van der Waals surface area contributed by atoms with Crippen molar-refractivity contribution in [2.75, 3.05) is 0 Å². The van der Waals surface area contributed by atoms with E-state index in [1.807, 2.05) is 6.07 Å². The van der Waals surface area contributed by atoms with E-state index in [1.54, 1.807) is 0 Å². The quantitative estimate of drug-likeness (QED) is 0.765. The molecule has 2 unspecified atom stereocenters. The van der Waals surface area contributed by atoms with Crippen LogP contribution in [-0.2, 0) is 6.42 Å². The van der Waals surface area contributed by atoms with Gasteiger partial charge in [-0.3, -0.25) is 0 Å². The van der Waals surface area contributed by atoms with Gasteiger partial charge < -0.3 is 5.11 Å². The van der Waals surface area contributed by atoms with E-state index in [-0.39, 0.29) is 6.10 Å². The Bertz CT molecular complexity index is 367. The summed E-state index contributed by atoms with van der Waals surface area (Å²) >= 11 is 0. The first-order chi connectivity index (χ1) is 7.81. The highest BCUT2D eigenvalue weighted by atomic mass is 16.3. The van der Waals surface area contributed by atoms with Crippen LogP contribution < -0.4 is 0 Å². The summed E-state index contributed by atoms with van der Waals surface area (Å²) in [6.45, 7) is 2.15. The standard InChI is InChI=1S/C15H20O/c1-2-12-7-6-10-14(11-12)15(16)13-8-4-3-5-9-13/h3-4,6-7,10-11,13,15-16H,2,5,8-9H2,1H3. The number of rotatable bonds is 3. The molecule has 1 aromatic rings. The third-order valence-electron chi connectivity index (χ3n) is 3.46. The number of allylic oxidation sites excluding steroid dienone is 2. The summed E-state index contributed by atoms with van der Waals surface area (Å²) in [6, 6.07) is 8.36. The molecule has 2 rings (SSSR count). The summed E-state index contributed by atoms with van der Waals surface area (Å²) < 4.78 is 0. The molecule has 0 saturated carbocycles. The number of aliphatic hydroxyl groups excluding tert-OH is 1. The summed E-state index contributed by atoms with van der Waals surface area (Å²) in [7, 11) is 0. The molecule has 0 aliphatic heterocycles. The lowest BCUT2D eigenvalue weighted by Gasteiger charge is -2.24. The molecule has 0 fully saturated rings. The molecule has 1 aliphatic carbocycles. The highest BCUT2D eigenvalue weighted by molar-refractivity contribution is 5.25. The minimum Gasteiger partial charge on any atom is -0.388 e. The van der Waals surface area contributed by atoms with Gasteiger partial charge in [0, 0.05) is 0 Å². The van der Waals surface area contributed by atoms with Gasteiger partial charge in [-0.25, -0.2) is 0 Å².